The summed E-state index contributed by atoms with van der Waals surface area (Å²) in [5.74, 6) is 0.343. The summed E-state index contributed by atoms with van der Waals surface area (Å²) in [5.41, 5.74) is 1.10. The molecular formula is C17H23N3O2. The number of nitrogens with zero attached hydrogens (tertiary/aromatic N) is 2. The maximum absolute atomic E-state index is 11.9. The van der Waals surface area contributed by atoms with E-state index in [0.29, 0.717) is 30.3 Å². The van der Waals surface area contributed by atoms with Gasteiger partial charge in [-0.1, -0.05) is 19.9 Å². The van der Waals surface area contributed by atoms with Crippen LogP contribution in [0.1, 0.15) is 39.2 Å². The molecule has 2 amide bonds. The Morgan fingerprint density at radius 3 is 2.64 bits per heavy atom. The first-order chi connectivity index (χ1) is 10.4. The molecule has 22 heavy (non-hydrogen) atoms. The van der Waals surface area contributed by atoms with Crippen LogP contribution in [0, 0.1) is 17.2 Å². The number of benzene rings is 1. The molecule has 0 aromatic heterocycles. The average molecular weight is 301 g/mol. The molecule has 0 saturated carbocycles. The van der Waals surface area contributed by atoms with E-state index in [1.54, 1.807) is 29.2 Å². The summed E-state index contributed by atoms with van der Waals surface area (Å²) in [6, 6.07) is 8.79. The van der Waals surface area contributed by atoms with Gasteiger partial charge in [0.2, 0.25) is 11.8 Å². The molecule has 5 nitrogen and oxygen atoms in total. The van der Waals surface area contributed by atoms with Crippen LogP contribution < -0.4 is 5.32 Å². The van der Waals surface area contributed by atoms with Gasteiger partial charge in [-0.3, -0.25) is 9.59 Å². The van der Waals surface area contributed by atoms with Crippen LogP contribution in [0.25, 0.3) is 0 Å². The molecule has 0 unspecified atom stereocenters. The SMILES string of the molecule is CC(=O)N(CCC(=O)Nc1cccc(C#N)c1)CCC(C)C. The molecule has 0 spiro atoms. The van der Waals surface area contributed by atoms with Crippen molar-refractivity contribution in [1.29, 1.82) is 5.26 Å². The Kier molecular flexibility index (Phi) is 7.11. The zero-order valence-corrected chi connectivity index (χ0v) is 13.4. The summed E-state index contributed by atoms with van der Waals surface area (Å²) in [6.07, 6.45) is 1.17. The van der Waals surface area contributed by atoms with Crippen molar-refractivity contribution in [2.45, 2.75) is 33.6 Å². The number of carbonyl (C=O) groups excluding carboxylic acids is 2. The molecule has 118 valence electrons. The standard InChI is InChI=1S/C17H23N3O2/c1-13(2)7-9-20(14(3)21)10-8-17(22)19-16-6-4-5-15(11-16)12-18/h4-6,11,13H,7-10H2,1-3H3,(H,19,22). The van der Waals surface area contributed by atoms with E-state index in [4.69, 9.17) is 5.26 Å². The van der Waals surface area contributed by atoms with Crippen LogP contribution in [0.2, 0.25) is 0 Å². The summed E-state index contributed by atoms with van der Waals surface area (Å²) in [7, 11) is 0. The summed E-state index contributed by atoms with van der Waals surface area (Å²) in [5, 5.41) is 11.6. The molecule has 0 fully saturated rings. The molecule has 1 N–H and O–H groups in total. The second-order valence-corrected chi connectivity index (χ2v) is 5.68. The number of nitrogens with one attached hydrogen (secondary N) is 1. The van der Waals surface area contributed by atoms with Gasteiger partial charge in [-0.25, -0.2) is 0 Å². The highest BCUT2D eigenvalue weighted by atomic mass is 16.2. The van der Waals surface area contributed by atoms with Gasteiger partial charge in [-0.05, 0) is 30.5 Å². The van der Waals surface area contributed by atoms with Gasteiger partial charge < -0.3 is 10.2 Å². The summed E-state index contributed by atoms with van der Waals surface area (Å²) in [6.45, 7) is 6.81. The molecule has 5 heteroatoms. The Morgan fingerprint density at radius 1 is 1.32 bits per heavy atom. The third-order valence-electron chi connectivity index (χ3n) is 3.31. The number of hydrogen-bond acceptors (Lipinski definition) is 3. The van der Waals surface area contributed by atoms with Gasteiger partial charge in [0.05, 0.1) is 11.6 Å². The first kappa shape index (κ1) is 17.7. The van der Waals surface area contributed by atoms with Crippen molar-refractivity contribution in [2.75, 3.05) is 18.4 Å². The van der Waals surface area contributed by atoms with Gasteiger partial charge in [0.25, 0.3) is 0 Å². The van der Waals surface area contributed by atoms with Gasteiger partial charge >= 0.3 is 0 Å². The lowest BCUT2D eigenvalue weighted by Gasteiger charge is -2.21. The van der Waals surface area contributed by atoms with E-state index in [1.807, 2.05) is 6.07 Å². The Labute approximate surface area is 131 Å². The number of rotatable bonds is 7. The largest absolute Gasteiger partial charge is 0.342 e. The molecule has 1 aromatic rings. The van der Waals surface area contributed by atoms with Gasteiger partial charge in [-0.2, -0.15) is 5.26 Å². The Balaban J connectivity index is 2.49. The van der Waals surface area contributed by atoms with E-state index in [9.17, 15) is 9.59 Å². The van der Waals surface area contributed by atoms with Crippen LogP contribution in [0.5, 0.6) is 0 Å². The fourth-order valence-corrected chi connectivity index (χ4v) is 1.97. The lowest BCUT2D eigenvalue weighted by Crippen LogP contribution is -2.33. The molecule has 1 aromatic carbocycles. The van der Waals surface area contributed by atoms with Gasteiger partial charge in [-0.15, -0.1) is 0 Å². The van der Waals surface area contributed by atoms with Crippen molar-refractivity contribution >= 4 is 17.5 Å². The summed E-state index contributed by atoms with van der Waals surface area (Å²) < 4.78 is 0. The monoisotopic (exact) mass is 301 g/mol. The Bertz CT molecular complexity index is 561. The molecule has 0 aliphatic carbocycles. The summed E-state index contributed by atoms with van der Waals surface area (Å²) in [4.78, 5) is 25.2. The minimum Gasteiger partial charge on any atom is -0.342 e. The van der Waals surface area contributed by atoms with Gasteiger partial charge in [0.15, 0.2) is 0 Å². The maximum Gasteiger partial charge on any atom is 0.226 e. The lowest BCUT2D eigenvalue weighted by atomic mass is 10.1. The number of carbonyl (C=O) groups is 2. The number of nitriles is 1. The normalized spacial score (nSPS) is 10.1. The molecule has 0 saturated heterocycles. The Hall–Kier alpha value is -2.35. The highest BCUT2D eigenvalue weighted by Crippen LogP contribution is 2.10. The topological polar surface area (TPSA) is 73.2 Å². The van der Waals surface area contributed by atoms with Crippen LogP contribution in [-0.4, -0.2) is 29.8 Å². The molecular weight excluding hydrogens is 278 g/mol. The second kappa shape index (κ2) is 8.83. The van der Waals surface area contributed by atoms with Crippen molar-refractivity contribution in [2.24, 2.45) is 5.92 Å². The van der Waals surface area contributed by atoms with Crippen molar-refractivity contribution in [3.05, 3.63) is 29.8 Å². The maximum atomic E-state index is 11.9. The third-order valence-corrected chi connectivity index (χ3v) is 3.31. The first-order valence-electron chi connectivity index (χ1n) is 7.48. The van der Waals surface area contributed by atoms with E-state index in [1.165, 1.54) is 6.92 Å². The number of anilines is 1. The van der Waals surface area contributed by atoms with Gasteiger partial charge in [0, 0.05) is 32.1 Å². The fraction of sp³-hybridized carbons (Fsp3) is 0.471. The van der Waals surface area contributed by atoms with Crippen LogP contribution in [-0.2, 0) is 9.59 Å². The van der Waals surface area contributed by atoms with Crippen molar-refractivity contribution in [1.82, 2.24) is 4.90 Å². The molecule has 0 heterocycles. The molecule has 1 rings (SSSR count). The van der Waals surface area contributed by atoms with Crippen LogP contribution >= 0.6 is 0 Å². The highest BCUT2D eigenvalue weighted by Gasteiger charge is 2.12. The van der Waals surface area contributed by atoms with Crippen molar-refractivity contribution in [3.8, 4) is 6.07 Å². The lowest BCUT2D eigenvalue weighted by molar-refractivity contribution is -0.129. The fourth-order valence-electron chi connectivity index (χ4n) is 1.97. The van der Waals surface area contributed by atoms with Gasteiger partial charge in [0.1, 0.15) is 0 Å². The van der Waals surface area contributed by atoms with E-state index in [-0.39, 0.29) is 18.2 Å². The highest BCUT2D eigenvalue weighted by molar-refractivity contribution is 5.91. The molecule has 0 aliphatic rings. The third kappa shape index (κ3) is 6.40. The minimum atomic E-state index is -0.161. The zero-order valence-electron chi connectivity index (χ0n) is 13.4. The predicted octanol–water partition coefficient (Wildman–Crippen LogP) is 2.78. The van der Waals surface area contributed by atoms with Crippen LogP contribution in [0.3, 0.4) is 0 Å². The quantitative estimate of drug-likeness (QED) is 0.841. The molecule has 0 atom stereocenters. The molecule has 0 aliphatic heterocycles. The predicted molar refractivity (Wildman–Crippen MR) is 86.1 cm³/mol. The van der Waals surface area contributed by atoms with E-state index in [2.05, 4.69) is 19.2 Å². The van der Waals surface area contributed by atoms with Crippen LogP contribution in [0.15, 0.2) is 24.3 Å². The molecule has 0 radical (unpaired) electrons. The van der Waals surface area contributed by atoms with E-state index in [0.717, 1.165) is 6.42 Å². The smallest absolute Gasteiger partial charge is 0.226 e. The number of hydrogen-bond donors (Lipinski definition) is 1. The first-order valence-corrected chi connectivity index (χ1v) is 7.48. The molecule has 0 bridgehead atoms. The van der Waals surface area contributed by atoms with E-state index >= 15 is 0 Å². The van der Waals surface area contributed by atoms with E-state index < -0.39 is 0 Å². The van der Waals surface area contributed by atoms with Crippen LogP contribution in [0.4, 0.5) is 5.69 Å². The minimum absolute atomic E-state index is 0.0140. The van der Waals surface area contributed by atoms with Crippen molar-refractivity contribution < 1.29 is 9.59 Å². The Morgan fingerprint density at radius 2 is 2.05 bits per heavy atom. The summed E-state index contributed by atoms with van der Waals surface area (Å²) >= 11 is 0. The number of amides is 2. The second-order valence-electron chi connectivity index (χ2n) is 5.68. The average Bonchev–Trinajstić information content (AvgIpc) is 2.46. The zero-order chi connectivity index (χ0) is 16.5. The van der Waals surface area contributed by atoms with Crippen molar-refractivity contribution in [3.63, 3.8) is 0 Å².